The van der Waals surface area contributed by atoms with Gasteiger partial charge in [-0.15, -0.1) is 0 Å². The Morgan fingerprint density at radius 2 is 2.07 bits per heavy atom. The maximum atomic E-state index is 6.17. The minimum Gasteiger partial charge on any atom is -0.377 e. The standard InChI is InChI=1S/C20H27N5O2/c1-24(2)18-11-19(23-15-22-18)25-13-20(14-25)17(6-10-27-20)5-9-26-12-16-3-7-21-8-4-16/h3-4,7-8,11,15,17H,5-6,9-10,12-14H2,1-2H3. The van der Waals surface area contributed by atoms with Crippen molar-refractivity contribution >= 4 is 11.6 Å². The van der Waals surface area contributed by atoms with Gasteiger partial charge in [-0.25, -0.2) is 9.97 Å². The van der Waals surface area contributed by atoms with Gasteiger partial charge in [0, 0.05) is 45.8 Å². The van der Waals surface area contributed by atoms with Gasteiger partial charge in [-0.1, -0.05) is 0 Å². The zero-order valence-corrected chi connectivity index (χ0v) is 16.0. The average Bonchev–Trinajstić information content (AvgIpc) is 3.09. The third-order valence-electron chi connectivity index (χ3n) is 5.57. The lowest BCUT2D eigenvalue weighted by atomic mass is 9.79. The number of rotatable bonds is 7. The summed E-state index contributed by atoms with van der Waals surface area (Å²) in [5.74, 6) is 2.44. The molecule has 0 bridgehead atoms. The minimum absolute atomic E-state index is 0.0384. The van der Waals surface area contributed by atoms with Gasteiger partial charge >= 0.3 is 0 Å². The van der Waals surface area contributed by atoms with Crippen LogP contribution in [-0.2, 0) is 16.1 Å². The Kier molecular flexibility index (Phi) is 5.22. The normalized spacial score (nSPS) is 20.7. The van der Waals surface area contributed by atoms with E-state index in [1.807, 2.05) is 37.2 Å². The van der Waals surface area contributed by atoms with Crippen LogP contribution in [0.4, 0.5) is 11.6 Å². The summed E-state index contributed by atoms with van der Waals surface area (Å²) in [6.45, 7) is 4.03. The van der Waals surface area contributed by atoms with Crippen molar-refractivity contribution in [3.05, 3.63) is 42.5 Å². The van der Waals surface area contributed by atoms with E-state index >= 15 is 0 Å². The molecule has 2 saturated heterocycles. The van der Waals surface area contributed by atoms with E-state index in [0.717, 1.165) is 56.3 Å². The third-order valence-corrected chi connectivity index (χ3v) is 5.57. The molecule has 27 heavy (non-hydrogen) atoms. The zero-order valence-electron chi connectivity index (χ0n) is 16.0. The zero-order chi connectivity index (χ0) is 18.7. The van der Waals surface area contributed by atoms with Crippen LogP contribution in [0.15, 0.2) is 36.9 Å². The van der Waals surface area contributed by atoms with Crippen LogP contribution in [0.25, 0.3) is 0 Å². The molecule has 2 aromatic heterocycles. The van der Waals surface area contributed by atoms with Gasteiger partial charge in [-0.2, -0.15) is 0 Å². The summed E-state index contributed by atoms with van der Waals surface area (Å²) >= 11 is 0. The summed E-state index contributed by atoms with van der Waals surface area (Å²) in [6.07, 6.45) is 7.38. The molecule has 2 aliphatic heterocycles. The quantitative estimate of drug-likeness (QED) is 0.693. The fraction of sp³-hybridized carbons (Fsp3) is 0.550. The fourth-order valence-corrected chi connectivity index (χ4v) is 3.95. The van der Waals surface area contributed by atoms with Gasteiger partial charge in [0.15, 0.2) is 0 Å². The number of hydrogen-bond acceptors (Lipinski definition) is 7. The van der Waals surface area contributed by atoms with Crippen molar-refractivity contribution in [3.63, 3.8) is 0 Å². The van der Waals surface area contributed by atoms with Gasteiger partial charge in [0.05, 0.1) is 19.7 Å². The number of nitrogens with zero attached hydrogens (tertiary/aromatic N) is 5. The molecule has 0 aromatic carbocycles. The first-order valence-electron chi connectivity index (χ1n) is 9.51. The van der Waals surface area contributed by atoms with Gasteiger partial charge in [-0.05, 0) is 36.5 Å². The highest BCUT2D eigenvalue weighted by Gasteiger charge is 2.53. The molecule has 7 nitrogen and oxygen atoms in total. The largest absolute Gasteiger partial charge is 0.377 e. The molecule has 144 valence electrons. The van der Waals surface area contributed by atoms with Crippen molar-refractivity contribution in [2.75, 3.05) is 50.2 Å². The van der Waals surface area contributed by atoms with Crippen molar-refractivity contribution in [1.29, 1.82) is 0 Å². The molecule has 1 spiro atoms. The molecule has 2 fully saturated rings. The van der Waals surface area contributed by atoms with Crippen LogP contribution in [0.3, 0.4) is 0 Å². The first kappa shape index (κ1) is 18.1. The molecule has 1 atom stereocenters. The lowest BCUT2D eigenvalue weighted by Crippen LogP contribution is -2.65. The summed E-state index contributed by atoms with van der Waals surface area (Å²) in [7, 11) is 3.98. The van der Waals surface area contributed by atoms with E-state index < -0.39 is 0 Å². The number of hydrogen-bond donors (Lipinski definition) is 0. The molecular formula is C20H27N5O2. The Morgan fingerprint density at radius 1 is 1.26 bits per heavy atom. The molecule has 0 radical (unpaired) electrons. The Bertz CT molecular complexity index is 749. The number of pyridine rings is 1. The van der Waals surface area contributed by atoms with E-state index in [4.69, 9.17) is 9.47 Å². The highest BCUT2D eigenvalue weighted by atomic mass is 16.5. The maximum absolute atomic E-state index is 6.17. The summed E-state index contributed by atoms with van der Waals surface area (Å²) in [5, 5.41) is 0. The predicted octanol–water partition coefficient (Wildman–Crippen LogP) is 2.14. The predicted molar refractivity (Wildman–Crippen MR) is 104 cm³/mol. The molecule has 1 unspecified atom stereocenters. The van der Waals surface area contributed by atoms with Crippen LogP contribution < -0.4 is 9.80 Å². The lowest BCUT2D eigenvalue weighted by molar-refractivity contribution is -0.0512. The highest BCUT2D eigenvalue weighted by Crippen LogP contribution is 2.43. The van der Waals surface area contributed by atoms with Crippen molar-refractivity contribution < 1.29 is 9.47 Å². The number of anilines is 2. The van der Waals surface area contributed by atoms with Crippen molar-refractivity contribution in [1.82, 2.24) is 15.0 Å². The molecular weight excluding hydrogens is 342 g/mol. The molecule has 0 amide bonds. The summed E-state index contributed by atoms with van der Waals surface area (Å²) in [4.78, 5) is 17.0. The first-order valence-corrected chi connectivity index (χ1v) is 9.51. The van der Waals surface area contributed by atoms with Crippen LogP contribution in [0.2, 0.25) is 0 Å². The summed E-state index contributed by atoms with van der Waals surface area (Å²) in [5.41, 5.74) is 1.13. The fourth-order valence-electron chi connectivity index (χ4n) is 3.95. The van der Waals surface area contributed by atoms with Gasteiger partial charge in [0.2, 0.25) is 0 Å². The van der Waals surface area contributed by atoms with Crippen LogP contribution in [0, 0.1) is 5.92 Å². The van der Waals surface area contributed by atoms with Gasteiger partial charge in [-0.3, -0.25) is 4.98 Å². The Hall–Kier alpha value is -2.25. The van der Waals surface area contributed by atoms with Crippen LogP contribution in [0.1, 0.15) is 18.4 Å². The molecule has 4 rings (SSSR count). The van der Waals surface area contributed by atoms with Crippen molar-refractivity contribution in [2.45, 2.75) is 25.0 Å². The molecule has 7 heteroatoms. The van der Waals surface area contributed by atoms with E-state index in [1.165, 1.54) is 0 Å². The first-order chi connectivity index (χ1) is 13.2. The number of aromatic nitrogens is 3. The molecule has 0 aliphatic carbocycles. The Labute approximate surface area is 160 Å². The van der Waals surface area contributed by atoms with Gasteiger partial charge in [0.1, 0.15) is 23.6 Å². The monoisotopic (exact) mass is 369 g/mol. The lowest BCUT2D eigenvalue weighted by Gasteiger charge is -2.51. The van der Waals surface area contributed by atoms with Crippen molar-refractivity contribution in [3.8, 4) is 0 Å². The smallest absolute Gasteiger partial charge is 0.134 e. The maximum Gasteiger partial charge on any atom is 0.134 e. The second-order valence-corrected chi connectivity index (χ2v) is 7.58. The minimum atomic E-state index is -0.0384. The molecule has 0 saturated carbocycles. The second kappa shape index (κ2) is 7.78. The Balaban J connectivity index is 1.28. The molecule has 2 aliphatic rings. The van der Waals surface area contributed by atoms with Gasteiger partial charge in [0.25, 0.3) is 0 Å². The van der Waals surface area contributed by atoms with Crippen LogP contribution in [-0.4, -0.2) is 61.0 Å². The van der Waals surface area contributed by atoms with E-state index in [-0.39, 0.29) is 5.60 Å². The van der Waals surface area contributed by atoms with Crippen LogP contribution >= 0.6 is 0 Å². The topological polar surface area (TPSA) is 63.6 Å². The average molecular weight is 369 g/mol. The SMILES string of the molecule is CN(C)c1cc(N2CC3(C2)OCCC3CCOCc2ccncc2)ncn1. The van der Waals surface area contributed by atoms with E-state index in [2.05, 4.69) is 19.9 Å². The van der Waals surface area contributed by atoms with Crippen LogP contribution in [0.5, 0.6) is 0 Å². The Morgan fingerprint density at radius 3 is 2.85 bits per heavy atom. The summed E-state index contributed by atoms with van der Waals surface area (Å²) in [6, 6.07) is 6.02. The molecule has 2 aromatic rings. The third kappa shape index (κ3) is 3.89. The van der Waals surface area contributed by atoms with E-state index in [0.29, 0.717) is 12.5 Å². The number of ether oxygens (including phenoxy) is 2. The van der Waals surface area contributed by atoms with Gasteiger partial charge < -0.3 is 19.3 Å². The van der Waals surface area contributed by atoms with E-state index in [9.17, 15) is 0 Å². The second-order valence-electron chi connectivity index (χ2n) is 7.58. The van der Waals surface area contributed by atoms with Crippen molar-refractivity contribution in [2.24, 2.45) is 5.92 Å². The molecule has 0 N–H and O–H groups in total. The summed E-state index contributed by atoms with van der Waals surface area (Å²) < 4.78 is 12.0. The highest BCUT2D eigenvalue weighted by molar-refractivity contribution is 5.52. The van der Waals surface area contributed by atoms with E-state index in [1.54, 1.807) is 18.7 Å². The molecule has 4 heterocycles.